The van der Waals surface area contributed by atoms with Gasteiger partial charge in [-0.25, -0.2) is 18.2 Å². The minimum atomic E-state index is -3.53. The van der Waals surface area contributed by atoms with E-state index < -0.39 is 10.0 Å². The lowest BCUT2D eigenvalue weighted by molar-refractivity contribution is -0.322. The third-order valence-corrected chi connectivity index (χ3v) is 6.91. The summed E-state index contributed by atoms with van der Waals surface area (Å²) < 4.78 is 26.5. The summed E-state index contributed by atoms with van der Waals surface area (Å²) in [7, 11) is -3.53. The van der Waals surface area contributed by atoms with Gasteiger partial charge in [-0.15, -0.1) is 0 Å². The number of benzene rings is 1. The predicted octanol–water partition coefficient (Wildman–Crippen LogP) is 2.77. The van der Waals surface area contributed by atoms with Gasteiger partial charge in [-0.3, -0.25) is 4.79 Å². The van der Waals surface area contributed by atoms with Gasteiger partial charge in [-0.1, -0.05) is 0 Å². The second kappa shape index (κ2) is 7.94. The van der Waals surface area contributed by atoms with Crippen molar-refractivity contribution in [1.82, 2.24) is 4.31 Å². The van der Waals surface area contributed by atoms with Crippen molar-refractivity contribution in [2.45, 2.75) is 46.1 Å². The molecule has 1 aromatic carbocycles. The molecule has 2 heterocycles. The fourth-order valence-corrected chi connectivity index (χ4v) is 4.72. The number of hydrogen-bond donors (Lipinski definition) is 0. The molecule has 2 aliphatic heterocycles. The van der Waals surface area contributed by atoms with E-state index in [2.05, 4.69) is 18.7 Å². The van der Waals surface area contributed by atoms with Crippen LogP contribution in [0.25, 0.3) is 6.08 Å². The first-order valence-corrected chi connectivity index (χ1v) is 10.9. The van der Waals surface area contributed by atoms with Crippen LogP contribution in [0.2, 0.25) is 0 Å². The second-order valence-corrected chi connectivity index (χ2v) is 9.85. The molecule has 0 atom stereocenters. The molecule has 0 N–H and O–H groups in total. The van der Waals surface area contributed by atoms with Crippen molar-refractivity contribution in [3.63, 3.8) is 0 Å². The summed E-state index contributed by atoms with van der Waals surface area (Å²) in [4.78, 5) is 23.8. The Morgan fingerprint density at radius 2 is 1.68 bits per heavy atom. The topological polar surface area (TPSA) is 76.2 Å². The van der Waals surface area contributed by atoms with Gasteiger partial charge in [0.05, 0.1) is 5.54 Å². The van der Waals surface area contributed by atoms with Gasteiger partial charge in [-0.2, -0.15) is 4.31 Å². The molecule has 0 radical (unpaired) electrons. The molecule has 0 amide bonds. The van der Waals surface area contributed by atoms with Crippen molar-refractivity contribution in [1.29, 1.82) is 0 Å². The van der Waals surface area contributed by atoms with E-state index in [4.69, 9.17) is 9.78 Å². The Bertz CT molecular complexity index is 859. The molecule has 0 bridgehead atoms. The van der Waals surface area contributed by atoms with Gasteiger partial charge in [0.15, 0.2) is 6.73 Å². The minimum absolute atomic E-state index is 0.118. The highest BCUT2D eigenvalue weighted by Gasteiger charge is 2.32. The Kier molecular flexibility index (Phi) is 5.95. The first kappa shape index (κ1) is 21.0. The van der Waals surface area contributed by atoms with Crippen molar-refractivity contribution < 1.29 is 23.0 Å². The highest BCUT2D eigenvalue weighted by Crippen LogP contribution is 2.31. The molecule has 0 spiro atoms. The van der Waals surface area contributed by atoms with Gasteiger partial charge < -0.3 is 4.90 Å². The van der Waals surface area contributed by atoms with Crippen LogP contribution in [0.15, 0.2) is 17.5 Å². The van der Waals surface area contributed by atoms with Gasteiger partial charge in [-0.05, 0) is 62.6 Å². The van der Waals surface area contributed by atoms with Crippen molar-refractivity contribution >= 4 is 27.6 Å². The molecule has 2 aliphatic rings. The van der Waals surface area contributed by atoms with Crippen LogP contribution in [0.5, 0.6) is 0 Å². The van der Waals surface area contributed by atoms with E-state index in [0.29, 0.717) is 13.3 Å². The van der Waals surface area contributed by atoms with Crippen molar-refractivity contribution in [2.24, 2.45) is 0 Å². The van der Waals surface area contributed by atoms with Gasteiger partial charge in [0, 0.05) is 37.0 Å². The summed E-state index contributed by atoms with van der Waals surface area (Å²) >= 11 is 0. The monoisotopic (exact) mass is 408 g/mol. The van der Waals surface area contributed by atoms with Crippen molar-refractivity contribution in [2.75, 3.05) is 31.3 Å². The summed E-state index contributed by atoms with van der Waals surface area (Å²) in [5.41, 5.74) is 3.66. The lowest BCUT2D eigenvalue weighted by Crippen LogP contribution is -2.52. The Hall–Kier alpha value is -1.74. The maximum absolute atomic E-state index is 12.6. The van der Waals surface area contributed by atoms with E-state index in [0.717, 1.165) is 22.4 Å². The standard InChI is InChI=1S/C20H28N2O5S/c1-15-11-17(22-14-27-26-13-20(22,3)4)12-16(2)19(15)7-10-28(24,25)21-8-5-18(23)6-9-21/h7,10-12H,5-6,8-9,13-14H2,1-4H3/b10-7+. The Morgan fingerprint density at radius 1 is 1.07 bits per heavy atom. The van der Waals surface area contributed by atoms with Crippen LogP contribution < -0.4 is 4.90 Å². The number of aryl methyl sites for hydroxylation is 2. The fraction of sp³-hybridized carbons (Fsp3) is 0.550. The number of rotatable bonds is 4. The number of Topliss-reactive ketones (excluding diaryl/α,β-unsaturated/α-hetero) is 1. The zero-order chi connectivity index (χ0) is 20.5. The van der Waals surface area contributed by atoms with Crippen LogP contribution in [0.4, 0.5) is 5.69 Å². The number of piperidine rings is 1. The molecule has 154 valence electrons. The molecule has 0 saturated carbocycles. The number of sulfonamides is 1. The van der Waals surface area contributed by atoms with E-state index >= 15 is 0 Å². The zero-order valence-corrected chi connectivity index (χ0v) is 17.7. The number of ketones is 1. The molecule has 0 aliphatic carbocycles. The number of hydrogen-bond acceptors (Lipinski definition) is 6. The number of anilines is 1. The van der Waals surface area contributed by atoms with Crippen LogP contribution in [0.3, 0.4) is 0 Å². The summed E-state index contributed by atoms with van der Waals surface area (Å²) in [5, 5.41) is 1.25. The molecular formula is C20H28N2O5S. The van der Waals surface area contributed by atoms with E-state index in [1.54, 1.807) is 6.08 Å². The quantitative estimate of drug-likeness (QED) is 0.713. The molecule has 7 nitrogen and oxygen atoms in total. The first-order valence-electron chi connectivity index (χ1n) is 9.43. The maximum Gasteiger partial charge on any atom is 0.236 e. The Morgan fingerprint density at radius 3 is 2.25 bits per heavy atom. The third kappa shape index (κ3) is 4.46. The van der Waals surface area contributed by atoms with Crippen LogP contribution in [-0.2, 0) is 24.6 Å². The first-order chi connectivity index (χ1) is 13.1. The highest BCUT2D eigenvalue weighted by molar-refractivity contribution is 7.92. The SMILES string of the molecule is Cc1cc(N2COOCC2(C)C)cc(C)c1/C=C/S(=O)(=O)N1CCC(=O)CC1. The summed E-state index contributed by atoms with van der Waals surface area (Å²) in [6, 6.07) is 4.07. The van der Waals surface area contributed by atoms with Crippen molar-refractivity contribution in [3.8, 4) is 0 Å². The average molecular weight is 409 g/mol. The molecule has 1 aromatic rings. The van der Waals surface area contributed by atoms with Crippen LogP contribution >= 0.6 is 0 Å². The lowest BCUT2D eigenvalue weighted by atomic mass is 9.98. The van der Waals surface area contributed by atoms with E-state index in [9.17, 15) is 13.2 Å². The minimum Gasteiger partial charge on any atom is -0.338 e. The Balaban J connectivity index is 1.83. The molecule has 28 heavy (non-hydrogen) atoms. The average Bonchev–Trinajstić information content (AvgIpc) is 2.60. The summed E-state index contributed by atoms with van der Waals surface area (Å²) in [6.07, 6.45) is 2.23. The van der Waals surface area contributed by atoms with E-state index in [1.165, 1.54) is 9.71 Å². The number of carbonyl (C=O) groups is 1. The fourth-order valence-electron chi connectivity index (χ4n) is 3.55. The maximum atomic E-state index is 12.6. The zero-order valence-electron chi connectivity index (χ0n) is 16.9. The predicted molar refractivity (Wildman–Crippen MR) is 108 cm³/mol. The van der Waals surface area contributed by atoms with E-state index in [1.807, 2.05) is 26.0 Å². The van der Waals surface area contributed by atoms with Gasteiger partial charge in [0.1, 0.15) is 12.4 Å². The third-order valence-electron chi connectivity index (χ3n) is 5.34. The van der Waals surface area contributed by atoms with Crippen LogP contribution in [-0.4, -0.2) is 50.5 Å². The largest absolute Gasteiger partial charge is 0.338 e. The van der Waals surface area contributed by atoms with Crippen LogP contribution in [0, 0.1) is 13.8 Å². The summed E-state index contributed by atoms with van der Waals surface area (Å²) in [5.74, 6) is 0.118. The smallest absolute Gasteiger partial charge is 0.236 e. The second-order valence-electron chi connectivity index (χ2n) is 8.03. The normalized spacial score (nSPS) is 21.4. The molecule has 8 heteroatoms. The molecule has 2 saturated heterocycles. The molecule has 0 unspecified atom stereocenters. The Labute approximate surface area is 166 Å². The van der Waals surface area contributed by atoms with E-state index in [-0.39, 0.29) is 37.3 Å². The van der Waals surface area contributed by atoms with Crippen molar-refractivity contribution in [3.05, 3.63) is 34.2 Å². The summed E-state index contributed by atoms with van der Waals surface area (Å²) in [6.45, 7) is 9.43. The number of nitrogens with zero attached hydrogens (tertiary/aromatic N) is 2. The highest BCUT2D eigenvalue weighted by atomic mass is 32.2. The van der Waals surface area contributed by atoms with Gasteiger partial charge in [0.2, 0.25) is 10.0 Å². The molecule has 3 rings (SSSR count). The van der Waals surface area contributed by atoms with Gasteiger partial charge in [0.25, 0.3) is 0 Å². The molecular weight excluding hydrogens is 380 g/mol. The van der Waals surface area contributed by atoms with Crippen LogP contribution in [0.1, 0.15) is 43.4 Å². The van der Waals surface area contributed by atoms with Gasteiger partial charge >= 0.3 is 0 Å². The molecule has 2 fully saturated rings. The number of carbonyl (C=O) groups excluding carboxylic acids is 1. The molecule has 0 aromatic heterocycles. The lowest BCUT2D eigenvalue weighted by Gasteiger charge is -2.42.